The van der Waals surface area contributed by atoms with Crippen LogP contribution in [0.25, 0.3) is 6.08 Å². The van der Waals surface area contributed by atoms with E-state index in [1.54, 1.807) is 7.11 Å². The van der Waals surface area contributed by atoms with Crippen molar-refractivity contribution < 1.29 is 4.74 Å². The summed E-state index contributed by atoms with van der Waals surface area (Å²) in [4.78, 5) is 0.704. The molecule has 0 fully saturated rings. The molecule has 0 saturated heterocycles. The molecule has 0 aliphatic rings. The van der Waals surface area contributed by atoms with E-state index in [0.29, 0.717) is 4.91 Å². The fourth-order valence-corrected chi connectivity index (χ4v) is 1.33. The summed E-state index contributed by atoms with van der Waals surface area (Å²) in [5.74, 6) is 0.824. The summed E-state index contributed by atoms with van der Waals surface area (Å²) >= 11 is 1.44. The fraction of sp³-hybridized carbons (Fsp3) is 0.182. The highest BCUT2D eigenvalue weighted by Crippen LogP contribution is 2.17. The number of methoxy groups -OCH3 is 1. The third kappa shape index (κ3) is 2.82. The molecule has 1 rings (SSSR count). The summed E-state index contributed by atoms with van der Waals surface area (Å²) in [6.07, 6.45) is 3.74. The van der Waals surface area contributed by atoms with Crippen molar-refractivity contribution in [2.45, 2.75) is 0 Å². The predicted molar refractivity (Wildman–Crippen MR) is 60.1 cm³/mol. The second kappa shape index (κ2) is 5.36. The van der Waals surface area contributed by atoms with Gasteiger partial charge in [0.05, 0.1) is 12.0 Å². The van der Waals surface area contributed by atoms with E-state index >= 15 is 0 Å². The Bertz CT molecular complexity index is 362. The number of rotatable bonds is 3. The topological polar surface area (TPSA) is 33.0 Å². The van der Waals surface area contributed by atoms with Gasteiger partial charge in [-0.05, 0) is 30.0 Å². The molecule has 14 heavy (non-hydrogen) atoms. The maximum atomic E-state index is 8.72. The van der Waals surface area contributed by atoms with Crippen molar-refractivity contribution in [3.05, 3.63) is 34.7 Å². The first kappa shape index (κ1) is 10.7. The van der Waals surface area contributed by atoms with Crippen molar-refractivity contribution in [3.63, 3.8) is 0 Å². The molecule has 0 unspecified atom stereocenters. The zero-order valence-corrected chi connectivity index (χ0v) is 8.97. The van der Waals surface area contributed by atoms with Gasteiger partial charge in [-0.15, -0.1) is 11.8 Å². The molecule has 0 amide bonds. The second-order valence-electron chi connectivity index (χ2n) is 2.60. The van der Waals surface area contributed by atoms with Crippen molar-refractivity contribution in [1.82, 2.24) is 0 Å². The van der Waals surface area contributed by atoms with E-state index in [-0.39, 0.29) is 0 Å². The lowest BCUT2D eigenvalue weighted by molar-refractivity contribution is 0.415. The van der Waals surface area contributed by atoms with Gasteiger partial charge in [-0.3, -0.25) is 0 Å². The van der Waals surface area contributed by atoms with Crippen LogP contribution in [0.2, 0.25) is 0 Å². The van der Waals surface area contributed by atoms with E-state index in [0.717, 1.165) is 11.3 Å². The summed E-state index contributed by atoms with van der Waals surface area (Å²) in [6, 6.07) is 9.72. The minimum atomic E-state index is 0.704. The van der Waals surface area contributed by atoms with E-state index in [2.05, 4.69) is 6.07 Å². The molecule has 3 heteroatoms. The molecule has 0 aromatic heterocycles. The minimum Gasteiger partial charge on any atom is -0.497 e. The Morgan fingerprint density at radius 3 is 2.50 bits per heavy atom. The van der Waals surface area contributed by atoms with Gasteiger partial charge in [0.15, 0.2) is 0 Å². The van der Waals surface area contributed by atoms with Crippen LogP contribution in [0.15, 0.2) is 29.2 Å². The van der Waals surface area contributed by atoms with Gasteiger partial charge in [0.2, 0.25) is 0 Å². The highest BCUT2D eigenvalue weighted by molar-refractivity contribution is 8.02. The van der Waals surface area contributed by atoms with Gasteiger partial charge in [-0.25, -0.2) is 0 Å². The molecular weight excluding hydrogens is 194 g/mol. The van der Waals surface area contributed by atoms with Gasteiger partial charge in [0, 0.05) is 0 Å². The molecule has 0 bridgehead atoms. The van der Waals surface area contributed by atoms with Crippen LogP contribution in [0, 0.1) is 11.3 Å². The normalized spacial score (nSPS) is 10.8. The largest absolute Gasteiger partial charge is 0.497 e. The Hall–Kier alpha value is -1.40. The molecule has 0 spiro atoms. The van der Waals surface area contributed by atoms with Crippen LogP contribution in [0.4, 0.5) is 0 Å². The molecule has 2 nitrogen and oxygen atoms in total. The molecule has 72 valence electrons. The summed E-state index contributed by atoms with van der Waals surface area (Å²) in [7, 11) is 1.63. The number of hydrogen-bond donors (Lipinski definition) is 0. The molecule has 0 radical (unpaired) electrons. The maximum absolute atomic E-state index is 8.72. The smallest absolute Gasteiger partial charge is 0.118 e. The van der Waals surface area contributed by atoms with E-state index < -0.39 is 0 Å². The number of benzene rings is 1. The van der Waals surface area contributed by atoms with Crippen molar-refractivity contribution >= 4 is 17.8 Å². The molecule has 0 N–H and O–H groups in total. The van der Waals surface area contributed by atoms with E-state index in [9.17, 15) is 0 Å². The number of nitrogens with zero attached hydrogens (tertiary/aromatic N) is 1. The van der Waals surface area contributed by atoms with Gasteiger partial charge in [0.25, 0.3) is 0 Å². The van der Waals surface area contributed by atoms with Crippen LogP contribution >= 0.6 is 11.8 Å². The first-order valence-electron chi connectivity index (χ1n) is 4.10. The van der Waals surface area contributed by atoms with Crippen molar-refractivity contribution in [2.24, 2.45) is 0 Å². The van der Waals surface area contributed by atoms with Crippen molar-refractivity contribution in [3.8, 4) is 11.8 Å². The first-order valence-corrected chi connectivity index (χ1v) is 5.32. The van der Waals surface area contributed by atoms with Crippen LogP contribution in [-0.4, -0.2) is 13.4 Å². The van der Waals surface area contributed by atoms with Crippen LogP contribution < -0.4 is 4.74 Å². The number of nitriles is 1. The molecule has 1 aromatic carbocycles. The summed E-state index contributed by atoms with van der Waals surface area (Å²) in [6.45, 7) is 0. The monoisotopic (exact) mass is 205 g/mol. The Labute approximate surface area is 88.2 Å². The van der Waals surface area contributed by atoms with Gasteiger partial charge in [-0.1, -0.05) is 12.1 Å². The Morgan fingerprint density at radius 2 is 2.07 bits per heavy atom. The maximum Gasteiger partial charge on any atom is 0.118 e. The number of thioether (sulfide) groups is 1. The molecule has 0 aliphatic carbocycles. The average molecular weight is 205 g/mol. The summed E-state index contributed by atoms with van der Waals surface area (Å²) < 4.78 is 5.04. The van der Waals surface area contributed by atoms with Crippen LogP contribution in [0.1, 0.15) is 5.56 Å². The Kier molecular flexibility index (Phi) is 4.09. The third-order valence-corrected chi connectivity index (χ3v) is 2.39. The molecule has 0 atom stereocenters. The fourth-order valence-electron chi connectivity index (χ4n) is 0.988. The van der Waals surface area contributed by atoms with Gasteiger partial charge >= 0.3 is 0 Å². The van der Waals surface area contributed by atoms with Gasteiger partial charge in [-0.2, -0.15) is 5.26 Å². The van der Waals surface area contributed by atoms with E-state index in [4.69, 9.17) is 10.00 Å². The third-order valence-electron chi connectivity index (χ3n) is 1.74. The first-order chi connectivity index (χ1) is 6.80. The van der Waals surface area contributed by atoms with E-state index in [1.807, 2.05) is 36.6 Å². The van der Waals surface area contributed by atoms with Crippen LogP contribution in [0.5, 0.6) is 5.75 Å². The zero-order valence-electron chi connectivity index (χ0n) is 8.15. The standard InChI is InChI=1S/C11H11NOS/c1-13-10-5-3-9(4-6-10)7-11(8-12)14-2/h3-7H,1-2H3/b11-7+. The number of hydrogen-bond acceptors (Lipinski definition) is 3. The average Bonchev–Trinajstić information content (AvgIpc) is 2.26. The molecule has 1 aromatic rings. The number of ether oxygens (including phenoxy) is 1. The summed E-state index contributed by atoms with van der Waals surface area (Å²) in [5, 5.41) is 8.72. The van der Waals surface area contributed by atoms with Crippen molar-refractivity contribution in [1.29, 1.82) is 5.26 Å². The van der Waals surface area contributed by atoms with Crippen molar-refractivity contribution in [2.75, 3.05) is 13.4 Å². The number of allylic oxidation sites excluding steroid dienone is 1. The zero-order chi connectivity index (χ0) is 10.4. The SMILES string of the molecule is COc1ccc(/C=C(\C#N)SC)cc1. The molecular formula is C11H11NOS. The van der Waals surface area contributed by atoms with Gasteiger partial charge in [0.1, 0.15) is 11.8 Å². The molecule has 0 heterocycles. The highest BCUT2D eigenvalue weighted by atomic mass is 32.2. The lowest BCUT2D eigenvalue weighted by atomic mass is 10.2. The second-order valence-corrected chi connectivity index (χ2v) is 3.45. The molecule has 0 saturated carbocycles. The van der Waals surface area contributed by atoms with Crippen LogP contribution in [-0.2, 0) is 0 Å². The quantitative estimate of drug-likeness (QED) is 0.711. The van der Waals surface area contributed by atoms with E-state index in [1.165, 1.54) is 11.8 Å². The molecule has 0 aliphatic heterocycles. The minimum absolute atomic E-state index is 0.704. The lowest BCUT2D eigenvalue weighted by Gasteiger charge is -1.99. The highest BCUT2D eigenvalue weighted by Gasteiger charge is 1.94. The van der Waals surface area contributed by atoms with Gasteiger partial charge < -0.3 is 4.74 Å². The Morgan fingerprint density at radius 1 is 1.43 bits per heavy atom. The predicted octanol–water partition coefficient (Wildman–Crippen LogP) is 2.92. The Balaban J connectivity index is 2.88. The summed E-state index contributed by atoms with van der Waals surface area (Å²) in [5.41, 5.74) is 1.01. The van der Waals surface area contributed by atoms with Crippen LogP contribution in [0.3, 0.4) is 0 Å². The lowest BCUT2D eigenvalue weighted by Crippen LogP contribution is -1.81.